The van der Waals surface area contributed by atoms with Crippen LogP contribution in [0.25, 0.3) is 6.08 Å². The quantitative estimate of drug-likeness (QED) is 0.737. The molecule has 2 heterocycles. The van der Waals surface area contributed by atoms with Gasteiger partial charge in [0.2, 0.25) is 5.78 Å². The van der Waals surface area contributed by atoms with Gasteiger partial charge in [0, 0.05) is 17.3 Å². The van der Waals surface area contributed by atoms with Crippen LogP contribution in [-0.2, 0) is 0 Å². The monoisotopic (exact) mass is 211 g/mol. The molecule has 0 fully saturated rings. The van der Waals surface area contributed by atoms with Crippen LogP contribution in [0, 0.1) is 0 Å². The van der Waals surface area contributed by atoms with Crippen molar-refractivity contribution in [2.45, 2.75) is 0 Å². The predicted octanol–water partition coefficient (Wildman–Crippen LogP) is 2.93. The number of para-hydroxylation sites is 1. The molecule has 0 saturated heterocycles. The zero-order valence-electron chi connectivity index (χ0n) is 8.44. The van der Waals surface area contributed by atoms with E-state index in [1.807, 2.05) is 30.3 Å². The summed E-state index contributed by atoms with van der Waals surface area (Å²) in [4.78, 5) is 12.0. The smallest absolute Gasteiger partial charge is 0.211 e. The molecule has 0 radical (unpaired) electrons. The normalized spacial score (nSPS) is 16.2. The van der Waals surface area contributed by atoms with Crippen LogP contribution >= 0.6 is 0 Å². The molecule has 0 bridgehead atoms. The van der Waals surface area contributed by atoms with E-state index in [9.17, 15) is 4.79 Å². The van der Waals surface area contributed by atoms with Gasteiger partial charge in [0.25, 0.3) is 0 Å². The topological polar surface area (TPSA) is 42.2 Å². The molecule has 0 spiro atoms. The first kappa shape index (κ1) is 8.97. The van der Waals surface area contributed by atoms with E-state index in [1.54, 1.807) is 18.4 Å². The number of rotatable bonds is 1. The molecular formula is C13H9NO2. The number of Topliss-reactive ketones (excluding diaryl/α,β-unsaturated/α-hetero) is 1. The lowest BCUT2D eigenvalue weighted by Gasteiger charge is -1.95. The molecule has 2 aromatic rings. The van der Waals surface area contributed by atoms with Crippen molar-refractivity contribution < 1.29 is 9.21 Å². The van der Waals surface area contributed by atoms with Crippen LogP contribution < -0.4 is 5.32 Å². The Bertz CT molecular complexity index is 567. The molecule has 3 rings (SSSR count). The van der Waals surface area contributed by atoms with Gasteiger partial charge in [-0.1, -0.05) is 12.1 Å². The zero-order chi connectivity index (χ0) is 11.0. The molecule has 0 saturated carbocycles. The number of benzene rings is 1. The summed E-state index contributed by atoms with van der Waals surface area (Å²) in [5.74, 6) is 0.677. The molecular weight excluding hydrogens is 202 g/mol. The molecule has 1 N–H and O–H groups in total. The van der Waals surface area contributed by atoms with E-state index >= 15 is 0 Å². The first-order valence-electron chi connectivity index (χ1n) is 5.00. The highest BCUT2D eigenvalue weighted by atomic mass is 16.3. The van der Waals surface area contributed by atoms with E-state index in [2.05, 4.69) is 5.32 Å². The third kappa shape index (κ3) is 1.34. The number of ketones is 1. The maximum atomic E-state index is 12.0. The summed E-state index contributed by atoms with van der Waals surface area (Å²) >= 11 is 0. The molecule has 78 valence electrons. The van der Waals surface area contributed by atoms with Crippen molar-refractivity contribution in [2.24, 2.45) is 0 Å². The Morgan fingerprint density at radius 1 is 1.12 bits per heavy atom. The SMILES string of the molecule is O=C1C(=Cc2ccco2)Nc2ccccc21. The fraction of sp³-hybridized carbons (Fsp3) is 0. The summed E-state index contributed by atoms with van der Waals surface area (Å²) in [6.07, 6.45) is 3.29. The van der Waals surface area contributed by atoms with Gasteiger partial charge in [-0.25, -0.2) is 0 Å². The zero-order valence-corrected chi connectivity index (χ0v) is 8.44. The van der Waals surface area contributed by atoms with Crippen molar-refractivity contribution in [1.82, 2.24) is 0 Å². The van der Waals surface area contributed by atoms with E-state index < -0.39 is 0 Å². The third-order valence-electron chi connectivity index (χ3n) is 2.52. The maximum absolute atomic E-state index is 12.0. The Morgan fingerprint density at radius 3 is 2.75 bits per heavy atom. The molecule has 16 heavy (non-hydrogen) atoms. The van der Waals surface area contributed by atoms with Gasteiger partial charge in [-0.15, -0.1) is 0 Å². The van der Waals surface area contributed by atoms with Crippen LogP contribution in [0.15, 0.2) is 52.8 Å². The standard InChI is InChI=1S/C13H9NO2/c15-13-10-5-1-2-6-11(10)14-12(13)8-9-4-3-7-16-9/h1-8,14H. The Labute approximate surface area is 92.4 Å². The maximum Gasteiger partial charge on any atom is 0.211 e. The van der Waals surface area contributed by atoms with Crippen LogP contribution in [0.5, 0.6) is 0 Å². The summed E-state index contributed by atoms with van der Waals surface area (Å²) in [5.41, 5.74) is 2.11. The van der Waals surface area contributed by atoms with Gasteiger partial charge in [0.05, 0.1) is 12.0 Å². The van der Waals surface area contributed by atoms with E-state index in [4.69, 9.17) is 4.42 Å². The number of carbonyl (C=O) groups excluding carboxylic acids is 1. The number of hydrogen-bond donors (Lipinski definition) is 1. The summed E-state index contributed by atoms with van der Waals surface area (Å²) in [6, 6.07) is 11.1. The van der Waals surface area contributed by atoms with E-state index in [0.717, 1.165) is 5.69 Å². The Hall–Kier alpha value is -2.29. The van der Waals surface area contributed by atoms with Gasteiger partial charge in [-0.2, -0.15) is 0 Å². The second-order valence-electron chi connectivity index (χ2n) is 3.57. The number of hydrogen-bond acceptors (Lipinski definition) is 3. The molecule has 3 nitrogen and oxygen atoms in total. The van der Waals surface area contributed by atoms with Crippen molar-refractivity contribution >= 4 is 17.5 Å². The molecule has 1 aromatic heterocycles. The average molecular weight is 211 g/mol. The van der Waals surface area contributed by atoms with Gasteiger partial charge < -0.3 is 9.73 Å². The third-order valence-corrected chi connectivity index (χ3v) is 2.52. The largest absolute Gasteiger partial charge is 0.465 e. The molecule has 1 aromatic carbocycles. The summed E-state index contributed by atoms with van der Waals surface area (Å²) in [5, 5.41) is 3.07. The summed E-state index contributed by atoms with van der Waals surface area (Å²) in [7, 11) is 0. The highest BCUT2D eigenvalue weighted by molar-refractivity contribution is 6.20. The van der Waals surface area contributed by atoms with Gasteiger partial charge >= 0.3 is 0 Å². The van der Waals surface area contributed by atoms with Crippen LogP contribution in [0.4, 0.5) is 5.69 Å². The van der Waals surface area contributed by atoms with Crippen molar-refractivity contribution in [3.8, 4) is 0 Å². The molecule has 0 amide bonds. The van der Waals surface area contributed by atoms with E-state index in [-0.39, 0.29) is 5.78 Å². The van der Waals surface area contributed by atoms with Crippen LogP contribution in [0.3, 0.4) is 0 Å². The van der Waals surface area contributed by atoms with Crippen LogP contribution in [0.1, 0.15) is 16.1 Å². The number of nitrogens with one attached hydrogen (secondary N) is 1. The van der Waals surface area contributed by atoms with E-state index in [0.29, 0.717) is 17.0 Å². The lowest BCUT2D eigenvalue weighted by atomic mass is 10.1. The molecule has 0 aliphatic carbocycles. The fourth-order valence-corrected chi connectivity index (χ4v) is 1.75. The highest BCUT2D eigenvalue weighted by Gasteiger charge is 2.23. The summed E-state index contributed by atoms with van der Waals surface area (Å²) in [6.45, 7) is 0. The number of anilines is 1. The first-order valence-corrected chi connectivity index (χ1v) is 5.00. The van der Waals surface area contributed by atoms with Gasteiger partial charge in [0.15, 0.2) is 0 Å². The minimum atomic E-state index is 0.00648. The number of carbonyl (C=O) groups is 1. The molecule has 0 atom stereocenters. The van der Waals surface area contributed by atoms with Gasteiger partial charge in [-0.05, 0) is 24.3 Å². The molecule has 0 unspecified atom stereocenters. The Balaban J connectivity index is 2.02. The highest BCUT2D eigenvalue weighted by Crippen LogP contribution is 2.28. The second-order valence-corrected chi connectivity index (χ2v) is 3.57. The number of fused-ring (bicyclic) bond motifs is 1. The second kappa shape index (κ2) is 3.38. The van der Waals surface area contributed by atoms with Gasteiger partial charge in [-0.3, -0.25) is 4.79 Å². The first-order chi connectivity index (χ1) is 7.84. The molecule has 3 heteroatoms. The van der Waals surface area contributed by atoms with Crippen LogP contribution in [0.2, 0.25) is 0 Å². The van der Waals surface area contributed by atoms with Crippen molar-refractivity contribution in [3.63, 3.8) is 0 Å². The fourth-order valence-electron chi connectivity index (χ4n) is 1.75. The van der Waals surface area contributed by atoms with Crippen molar-refractivity contribution in [3.05, 3.63) is 59.7 Å². The summed E-state index contributed by atoms with van der Waals surface area (Å²) < 4.78 is 5.17. The lowest BCUT2D eigenvalue weighted by Crippen LogP contribution is -1.99. The van der Waals surface area contributed by atoms with Gasteiger partial charge in [0.1, 0.15) is 5.76 Å². The average Bonchev–Trinajstić information content (AvgIpc) is 2.90. The Kier molecular flexibility index (Phi) is 1.90. The van der Waals surface area contributed by atoms with Crippen molar-refractivity contribution in [2.75, 3.05) is 5.32 Å². The minimum absolute atomic E-state index is 0.00648. The molecule has 1 aliphatic rings. The van der Waals surface area contributed by atoms with E-state index in [1.165, 1.54) is 0 Å². The predicted molar refractivity (Wildman–Crippen MR) is 61.1 cm³/mol. The molecule has 1 aliphatic heterocycles. The Morgan fingerprint density at radius 2 is 2.00 bits per heavy atom. The number of furan rings is 1. The minimum Gasteiger partial charge on any atom is -0.465 e. The number of allylic oxidation sites excluding steroid dienone is 1. The lowest BCUT2D eigenvalue weighted by molar-refractivity contribution is 0.104. The van der Waals surface area contributed by atoms with Crippen LogP contribution in [-0.4, -0.2) is 5.78 Å². The van der Waals surface area contributed by atoms with Crippen molar-refractivity contribution in [1.29, 1.82) is 0 Å².